The van der Waals surface area contributed by atoms with Crippen LogP contribution >= 0.6 is 0 Å². The van der Waals surface area contributed by atoms with E-state index in [-0.39, 0.29) is 23.0 Å². The molecule has 4 aromatic rings. The number of nitrogens with one attached hydrogen (secondary N) is 1. The minimum Gasteiger partial charge on any atom is -0.378 e. The number of nitro benzene ring substituents is 1. The van der Waals surface area contributed by atoms with Crippen molar-refractivity contribution in [2.45, 2.75) is 0 Å². The molecule has 2 aromatic carbocycles. The summed E-state index contributed by atoms with van der Waals surface area (Å²) in [4.78, 5) is 22.9. The average molecular weight is 419 g/mol. The van der Waals surface area contributed by atoms with Crippen molar-refractivity contribution >= 4 is 23.6 Å². The summed E-state index contributed by atoms with van der Waals surface area (Å²) >= 11 is 0. The van der Waals surface area contributed by atoms with Crippen LogP contribution in [-0.4, -0.2) is 42.4 Å². The molecular weight excluding hydrogens is 406 g/mol. The van der Waals surface area contributed by atoms with Crippen LogP contribution in [0.25, 0.3) is 17.1 Å². The van der Waals surface area contributed by atoms with Crippen LogP contribution in [0.5, 0.6) is 0 Å². The van der Waals surface area contributed by atoms with Gasteiger partial charge in [0, 0.05) is 17.7 Å². The number of hydrogen-bond acceptors (Lipinski definition) is 10. The maximum atomic E-state index is 12.7. The lowest BCUT2D eigenvalue weighted by Gasteiger charge is -2.05. The topological polar surface area (TPSA) is 180 Å². The summed E-state index contributed by atoms with van der Waals surface area (Å²) in [6, 6.07) is 14.6. The molecule has 31 heavy (non-hydrogen) atoms. The number of nitrogens with two attached hydrogens (primary N) is 1. The molecule has 2 aromatic heterocycles. The van der Waals surface area contributed by atoms with Crippen molar-refractivity contribution in [3.05, 3.63) is 76.0 Å². The first-order valence-electron chi connectivity index (χ1n) is 8.72. The Bertz CT molecular complexity index is 1260. The van der Waals surface area contributed by atoms with Crippen LogP contribution < -0.4 is 11.2 Å². The summed E-state index contributed by atoms with van der Waals surface area (Å²) in [6.45, 7) is 0. The summed E-state index contributed by atoms with van der Waals surface area (Å²) < 4.78 is 5.86. The van der Waals surface area contributed by atoms with Gasteiger partial charge in [-0.25, -0.2) is 10.1 Å². The van der Waals surface area contributed by atoms with E-state index in [2.05, 4.69) is 35.8 Å². The highest BCUT2D eigenvalue weighted by molar-refractivity contribution is 5.98. The molecule has 0 bridgehead atoms. The number of aromatic nitrogens is 5. The third-order valence-corrected chi connectivity index (χ3v) is 4.11. The predicted octanol–water partition coefficient (Wildman–Crippen LogP) is 1.57. The largest absolute Gasteiger partial charge is 0.378 e. The van der Waals surface area contributed by atoms with Gasteiger partial charge in [0.2, 0.25) is 11.6 Å². The molecule has 0 radical (unpaired) electrons. The Morgan fingerprint density at radius 3 is 2.55 bits per heavy atom. The molecule has 0 atom stereocenters. The van der Waals surface area contributed by atoms with Crippen molar-refractivity contribution in [1.29, 1.82) is 0 Å². The fourth-order valence-corrected chi connectivity index (χ4v) is 2.68. The summed E-state index contributed by atoms with van der Waals surface area (Å²) in [7, 11) is 0. The Labute approximate surface area is 173 Å². The Morgan fingerprint density at radius 1 is 1.16 bits per heavy atom. The zero-order chi connectivity index (χ0) is 21.8. The first-order chi connectivity index (χ1) is 15.0. The van der Waals surface area contributed by atoms with Gasteiger partial charge in [-0.15, -0.1) is 5.10 Å². The SMILES string of the molecule is Nc1nonc1-n1nnc(C(=O)N/N=C\c2ccc([N+](=O)[O-])cc2)c1-c1ccccc1. The lowest BCUT2D eigenvalue weighted by molar-refractivity contribution is -0.384. The van der Waals surface area contributed by atoms with Gasteiger partial charge in [0.05, 0.1) is 11.1 Å². The van der Waals surface area contributed by atoms with Crippen LogP contribution in [0.2, 0.25) is 0 Å². The lowest BCUT2D eigenvalue weighted by Crippen LogP contribution is -2.19. The Hall–Kier alpha value is -4.94. The summed E-state index contributed by atoms with van der Waals surface area (Å²) in [5.41, 5.74) is 9.52. The van der Waals surface area contributed by atoms with Crippen molar-refractivity contribution in [3.63, 3.8) is 0 Å². The number of nitro groups is 1. The molecule has 154 valence electrons. The fraction of sp³-hybridized carbons (Fsp3) is 0. The van der Waals surface area contributed by atoms with Crippen molar-refractivity contribution < 1.29 is 14.3 Å². The summed E-state index contributed by atoms with van der Waals surface area (Å²) in [5, 5.41) is 29.7. The smallest absolute Gasteiger partial charge is 0.294 e. The van der Waals surface area contributed by atoms with E-state index in [1.165, 1.54) is 35.2 Å². The number of carbonyl (C=O) groups excluding carboxylic acids is 1. The number of amides is 1. The quantitative estimate of drug-likeness (QED) is 0.266. The molecule has 13 nitrogen and oxygen atoms in total. The van der Waals surface area contributed by atoms with Crippen LogP contribution in [0.3, 0.4) is 0 Å². The second kappa shape index (κ2) is 8.20. The minimum absolute atomic E-state index is 0.0229. The molecule has 0 aliphatic carbocycles. The summed E-state index contributed by atoms with van der Waals surface area (Å²) in [6.07, 6.45) is 1.34. The van der Waals surface area contributed by atoms with Crippen LogP contribution in [0.15, 0.2) is 64.3 Å². The van der Waals surface area contributed by atoms with E-state index in [1.54, 1.807) is 24.3 Å². The zero-order valence-electron chi connectivity index (χ0n) is 15.6. The number of carbonyl (C=O) groups is 1. The standard InChI is InChI=1S/C18H13N9O4/c19-16-17(24-31-23-16)26-15(12-4-2-1-3-5-12)14(21-25-26)18(28)22-20-10-11-6-8-13(9-7-11)27(29)30/h1-10H,(H2,19,23)(H,22,28)/b20-10-. The van der Waals surface area contributed by atoms with Gasteiger partial charge in [-0.2, -0.15) is 9.78 Å². The van der Waals surface area contributed by atoms with Crippen molar-refractivity contribution in [1.82, 2.24) is 30.7 Å². The second-order valence-electron chi connectivity index (χ2n) is 6.09. The molecular formula is C18H13N9O4. The van der Waals surface area contributed by atoms with Gasteiger partial charge in [0.25, 0.3) is 11.6 Å². The highest BCUT2D eigenvalue weighted by Crippen LogP contribution is 2.26. The molecule has 0 fully saturated rings. The molecule has 3 N–H and O–H groups in total. The van der Waals surface area contributed by atoms with Crippen molar-refractivity contribution in [3.8, 4) is 17.1 Å². The Morgan fingerprint density at radius 2 is 1.90 bits per heavy atom. The number of rotatable bonds is 6. The van der Waals surface area contributed by atoms with Gasteiger partial charge in [0.1, 0.15) is 5.69 Å². The number of hydrazone groups is 1. The molecule has 0 spiro atoms. The van der Waals surface area contributed by atoms with E-state index in [0.717, 1.165) is 0 Å². The van der Waals surface area contributed by atoms with Crippen LogP contribution in [0, 0.1) is 10.1 Å². The third-order valence-electron chi connectivity index (χ3n) is 4.11. The molecule has 0 saturated carbocycles. The van der Waals surface area contributed by atoms with Crippen molar-refractivity contribution in [2.75, 3.05) is 5.73 Å². The Balaban J connectivity index is 1.61. The highest BCUT2D eigenvalue weighted by atomic mass is 16.6. The van der Waals surface area contributed by atoms with Gasteiger partial charge >= 0.3 is 0 Å². The lowest BCUT2D eigenvalue weighted by atomic mass is 10.1. The molecule has 4 rings (SSSR count). The first-order valence-corrected chi connectivity index (χ1v) is 8.72. The molecule has 0 saturated heterocycles. The van der Waals surface area contributed by atoms with E-state index < -0.39 is 10.8 Å². The minimum atomic E-state index is -0.640. The van der Waals surface area contributed by atoms with Gasteiger partial charge in [0.15, 0.2) is 5.69 Å². The van der Waals surface area contributed by atoms with E-state index in [0.29, 0.717) is 16.8 Å². The molecule has 13 heteroatoms. The monoisotopic (exact) mass is 419 g/mol. The van der Waals surface area contributed by atoms with Crippen LogP contribution in [0.1, 0.15) is 16.1 Å². The molecule has 0 aliphatic rings. The van der Waals surface area contributed by atoms with Gasteiger partial charge < -0.3 is 5.73 Å². The molecule has 1 amide bonds. The van der Waals surface area contributed by atoms with E-state index in [9.17, 15) is 14.9 Å². The Kier molecular flexibility index (Phi) is 5.13. The number of non-ortho nitro benzene ring substituents is 1. The molecule has 0 aliphatic heterocycles. The first kappa shape index (κ1) is 19.4. The number of nitrogen functional groups attached to an aromatic ring is 1. The van der Waals surface area contributed by atoms with Crippen LogP contribution in [0.4, 0.5) is 11.5 Å². The number of benzene rings is 2. The fourth-order valence-electron chi connectivity index (χ4n) is 2.68. The normalized spacial score (nSPS) is 11.0. The van der Waals surface area contributed by atoms with Crippen LogP contribution in [-0.2, 0) is 0 Å². The maximum absolute atomic E-state index is 12.7. The molecule has 2 heterocycles. The average Bonchev–Trinajstić information content (AvgIpc) is 3.40. The number of hydrogen-bond donors (Lipinski definition) is 2. The second-order valence-corrected chi connectivity index (χ2v) is 6.09. The summed E-state index contributed by atoms with van der Waals surface area (Å²) in [5.74, 6) is -0.580. The third kappa shape index (κ3) is 3.95. The zero-order valence-corrected chi connectivity index (χ0v) is 15.6. The van der Waals surface area contributed by atoms with E-state index in [4.69, 9.17) is 5.73 Å². The van der Waals surface area contributed by atoms with Crippen molar-refractivity contribution in [2.24, 2.45) is 5.10 Å². The van der Waals surface area contributed by atoms with E-state index >= 15 is 0 Å². The van der Waals surface area contributed by atoms with Gasteiger partial charge in [-0.05, 0) is 28.0 Å². The van der Waals surface area contributed by atoms with Gasteiger partial charge in [-0.3, -0.25) is 14.9 Å². The maximum Gasteiger partial charge on any atom is 0.294 e. The predicted molar refractivity (Wildman–Crippen MR) is 107 cm³/mol. The highest BCUT2D eigenvalue weighted by Gasteiger charge is 2.24. The number of nitrogens with zero attached hydrogens (tertiary/aromatic N) is 7. The number of anilines is 1. The molecule has 0 unspecified atom stereocenters. The van der Waals surface area contributed by atoms with Gasteiger partial charge in [-0.1, -0.05) is 35.5 Å². The van der Waals surface area contributed by atoms with E-state index in [1.807, 2.05) is 6.07 Å².